The van der Waals surface area contributed by atoms with E-state index < -0.39 is 0 Å². The summed E-state index contributed by atoms with van der Waals surface area (Å²) in [6, 6.07) is 2.17. The summed E-state index contributed by atoms with van der Waals surface area (Å²) in [6.45, 7) is 3.39. The number of amides is 2. The third kappa shape index (κ3) is 3.62. The van der Waals surface area contributed by atoms with E-state index in [2.05, 4.69) is 10.3 Å². The molecular formula is C18H21N3O2S2. The molecule has 132 valence electrons. The van der Waals surface area contributed by atoms with E-state index in [1.165, 1.54) is 11.3 Å². The van der Waals surface area contributed by atoms with Gasteiger partial charge in [0, 0.05) is 36.0 Å². The Hall–Kier alpha value is -1.73. The van der Waals surface area contributed by atoms with Crippen molar-refractivity contribution in [3.63, 3.8) is 0 Å². The third-order valence-corrected chi connectivity index (χ3v) is 6.73. The Morgan fingerprint density at radius 2 is 2.00 bits per heavy atom. The third-order valence-electron chi connectivity index (χ3n) is 4.84. The molecule has 0 atom stereocenters. The molecule has 0 unspecified atom stereocenters. The van der Waals surface area contributed by atoms with Crippen molar-refractivity contribution in [2.24, 2.45) is 5.92 Å². The van der Waals surface area contributed by atoms with Crippen molar-refractivity contribution >= 4 is 34.5 Å². The summed E-state index contributed by atoms with van der Waals surface area (Å²) in [7, 11) is 0. The number of aryl methyl sites for hydroxylation is 1. The Labute approximate surface area is 155 Å². The number of carbonyl (C=O) groups is 2. The average molecular weight is 376 g/mol. The average Bonchev–Trinajstić information content (AvgIpc) is 3.16. The van der Waals surface area contributed by atoms with Gasteiger partial charge in [-0.15, -0.1) is 11.3 Å². The van der Waals surface area contributed by atoms with Crippen molar-refractivity contribution in [2.75, 3.05) is 13.1 Å². The standard InChI is InChI=1S/C18H21N3O2S2/c1-11-15(25-17(19-11)13-6-9-24-10-13)16(22)20-14-4-7-21(8-5-14)18(23)12-2-3-12/h6,9-10,12,14H,2-5,7-8H2,1H3,(H,20,22). The van der Waals surface area contributed by atoms with Crippen molar-refractivity contribution in [3.8, 4) is 10.6 Å². The van der Waals surface area contributed by atoms with E-state index in [1.54, 1.807) is 11.3 Å². The number of thiazole rings is 1. The van der Waals surface area contributed by atoms with Gasteiger partial charge < -0.3 is 10.2 Å². The highest BCUT2D eigenvalue weighted by Crippen LogP contribution is 2.32. The molecule has 1 saturated carbocycles. The summed E-state index contributed by atoms with van der Waals surface area (Å²) in [6.07, 6.45) is 3.76. The second kappa shape index (κ2) is 6.88. The number of aromatic nitrogens is 1. The number of likely N-dealkylation sites (tertiary alicyclic amines) is 1. The Balaban J connectivity index is 1.35. The molecule has 2 aromatic heterocycles. The number of carbonyl (C=O) groups excluding carboxylic acids is 2. The number of hydrogen-bond donors (Lipinski definition) is 1. The zero-order valence-corrected chi connectivity index (χ0v) is 15.8. The van der Waals surface area contributed by atoms with E-state index >= 15 is 0 Å². The molecule has 1 aliphatic heterocycles. The van der Waals surface area contributed by atoms with Crippen molar-refractivity contribution in [3.05, 3.63) is 27.4 Å². The van der Waals surface area contributed by atoms with Crippen molar-refractivity contribution in [2.45, 2.75) is 38.6 Å². The monoisotopic (exact) mass is 375 g/mol. The van der Waals surface area contributed by atoms with Crippen molar-refractivity contribution in [1.29, 1.82) is 0 Å². The largest absolute Gasteiger partial charge is 0.348 e. The molecule has 1 aliphatic carbocycles. The first-order valence-electron chi connectivity index (χ1n) is 8.71. The van der Waals surface area contributed by atoms with Gasteiger partial charge in [0.1, 0.15) is 9.88 Å². The molecule has 1 saturated heterocycles. The maximum atomic E-state index is 12.6. The van der Waals surface area contributed by atoms with Crippen LogP contribution in [0.25, 0.3) is 10.6 Å². The molecule has 0 aromatic carbocycles. The van der Waals surface area contributed by atoms with Crippen LogP contribution in [0, 0.1) is 12.8 Å². The maximum absolute atomic E-state index is 12.6. The molecule has 2 fully saturated rings. The molecule has 7 heteroatoms. The number of rotatable bonds is 4. The molecule has 2 aromatic rings. The maximum Gasteiger partial charge on any atom is 0.263 e. The molecule has 2 amide bonds. The van der Waals surface area contributed by atoms with Crippen LogP contribution in [0.5, 0.6) is 0 Å². The summed E-state index contributed by atoms with van der Waals surface area (Å²) >= 11 is 3.08. The van der Waals surface area contributed by atoms with E-state index in [4.69, 9.17) is 0 Å². The number of nitrogens with zero attached hydrogens (tertiary/aromatic N) is 2. The topological polar surface area (TPSA) is 62.3 Å². The van der Waals surface area contributed by atoms with Gasteiger partial charge in [-0.1, -0.05) is 0 Å². The van der Waals surface area contributed by atoms with Crippen LogP contribution in [0.1, 0.15) is 41.0 Å². The first-order valence-corrected chi connectivity index (χ1v) is 10.5. The van der Waals surface area contributed by atoms with E-state index in [0.717, 1.165) is 55.0 Å². The summed E-state index contributed by atoms with van der Waals surface area (Å²) in [5.74, 6) is 0.549. The molecule has 0 spiro atoms. The van der Waals surface area contributed by atoms with Gasteiger partial charge >= 0.3 is 0 Å². The lowest BCUT2D eigenvalue weighted by Gasteiger charge is -2.32. The SMILES string of the molecule is Cc1nc(-c2ccsc2)sc1C(=O)NC1CCN(C(=O)C2CC2)CC1. The highest BCUT2D eigenvalue weighted by Gasteiger charge is 2.35. The van der Waals surface area contributed by atoms with Gasteiger partial charge in [-0.3, -0.25) is 9.59 Å². The van der Waals surface area contributed by atoms with Crippen LogP contribution in [0.4, 0.5) is 0 Å². The minimum absolute atomic E-state index is 0.0385. The van der Waals surface area contributed by atoms with Gasteiger partial charge in [0.25, 0.3) is 5.91 Å². The predicted molar refractivity (Wildman–Crippen MR) is 100.0 cm³/mol. The lowest BCUT2D eigenvalue weighted by Crippen LogP contribution is -2.47. The predicted octanol–water partition coefficient (Wildman–Crippen LogP) is 3.31. The van der Waals surface area contributed by atoms with Crippen LogP contribution in [0.3, 0.4) is 0 Å². The fraction of sp³-hybridized carbons (Fsp3) is 0.500. The summed E-state index contributed by atoms with van der Waals surface area (Å²) < 4.78 is 0. The second-order valence-electron chi connectivity index (χ2n) is 6.79. The Kier molecular flexibility index (Phi) is 4.60. The molecule has 4 rings (SSSR count). The first-order chi connectivity index (χ1) is 12.1. The Morgan fingerprint density at radius 3 is 2.64 bits per heavy atom. The highest BCUT2D eigenvalue weighted by molar-refractivity contribution is 7.17. The minimum atomic E-state index is -0.0385. The van der Waals surface area contributed by atoms with E-state index in [-0.39, 0.29) is 17.9 Å². The minimum Gasteiger partial charge on any atom is -0.348 e. The lowest BCUT2D eigenvalue weighted by atomic mass is 10.0. The molecule has 5 nitrogen and oxygen atoms in total. The number of piperidine rings is 1. The zero-order valence-electron chi connectivity index (χ0n) is 14.2. The molecule has 0 bridgehead atoms. The summed E-state index contributed by atoms with van der Waals surface area (Å²) in [5, 5.41) is 8.10. The van der Waals surface area contributed by atoms with Crippen LogP contribution in [0.15, 0.2) is 16.8 Å². The second-order valence-corrected chi connectivity index (χ2v) is 8.57. The van der Waals surface area contributed by atoms with Crippen LogP contribution >= 0.6 is 22.7 Å². The quantitative estimate of drug-likeness (QED) is 0.892. The summed E-state index contributed by atoms with van der Waals surface area (Å²) in [4.78, 5) is 31.9. The molecule has 0 radical (unpaired) electrons. The smallest absolute Gasteiger partial charge is 0.263 e. The van der Waals surface area contributed by atoms with Crippen molar-refractivity contribution < 1.29 is 9.59 Å². The van der Waals surface area contributed by atoms with Gasteiger partial charge in [-0.05, 0) is 44.1 Å². The molecule has 3 heterocycles. The fourth-order valence-corrected chi connectivity index (χ4v) is 4.88. The van der Waals surface area contributed by atoms with Gasteiger partial charge in [0.15, 0.2) is 0 Å². The Bertz CT molecular complexity index is 772. The molecule has 2 aliphatic rings. The zero-order chi connectivity index (χ0) is 17.4. The lowest BCUT2D eigenvalue weighted by molar-refractivity contribution is -0.133. The van der Waals surface area contributed by atoms with Crippen molar-refractivity contribution in [1.82, 2.24) is 15.2 Å². The summed E-state index contributed by atoms with van der Waals surface area (Å²) in [5.41, 5.74) is 1.86. The number of nitrogens with one attached hydrogen (secondary N) is 1. The van der Waals surface area contributed by atoms with Crippen LogP contribution in [0.2, 0.25) is 0 Å². The van der Waals surface area contributed by atoms with Gasteiger partial charge in [0.2, 0.25) is 5.91 Å². The van der Waals surface area contributed by atoms with Gasteiger partial charge in [0.05, 0.1) is 5.69 Å². The van der Waals surface area contributed by atoms with Crippen LogP contribution < -0.4 is 5.32 Å². The molecule has 1 N–H and O–H groups in total. The Morgan fingerprint density at radius 1 is 1.24 bits per heavy atom. The first kappa shape index (κ1) is 16.7. The number of thiophene rings is 1. The fourth-order valence-electron chi connectivity index (χ4n) is 3.20. The van der Waals surface area contributed by atoms with E-state index in [1.807, 2.05) is 28.7 Å². The van der Waals surface area contributed by atoms with E-state index in [0.29, 0.717) is 10.8 Å². The van der Waals surface area contributed by atoms with E-state index in [9.17, 15) is 9.59 Å². The molecular weight excluding hydrogens is 354 g/mol. The number of hydrogen-bond acceptors (Lipinski definition) is 5. The van der Waals surface area contributed by atoms with Crippen LogP contribution in [-0.2, 0) is 4.79 Å². The highest BCUT2D eigenvalue weighted by atomic mass is 32.1. The molecule has 25 heavy (non-hydrogen) atoms. The van der Waals surface area contributed by atoms with Crippen LogP contribution in [-0.4, -0.2) is 40.8 Å². The van der Waals surface area contributed by atoms with Gasteiger partial charge in [-0.2, -0.15) is 11.3 Å². The van der Waals surface area contributed by atoms with Gasteiger partial charge in [-0.25, -0.2) is 4.98 Å². The normalized spacial score (nSPS) is 18.4.